The Labute approximate surface area is 174 Å². The number of aromatic nitrogens is 1. The van der Waals surface area contributed by atoms with E-state index in [9.17, 15) is 4.79 Å². The summed E-state index contributed by atoms with van der Waals surface area (Å²) in [5, 5.41) is 5.88. The molecule has 1 amide bonds. The van der Waals surface area contributed by atoms with Crippen LogP contribution in [0.1, 0.15) is 34.9 Å². The lowest BCUT2D eigenvalue weighted by atomic mass is 10.2. The van der Waals surface area contributed by atoms with Gasteiger partial charge in [0.25, 0.3) is 5.91 Å². The van der Waals surface area contributed by atoms with Crippen LogP contribution in [0.3, 0.4) is 0 Å². The first-order valence-electron chi connectivity index (χ1n) is 9.44. The minimum Gasteiger partial charge on any atom is -0.494 e. The summed E-state index contributed by atoms with van der Waals surface area (Å²) in [6.45, 7) is 7.22. The van der Waals surface area contributed by atoms with Crippen LogP contribution in [0, 0.1) is 6.92 Å². The number of hydrogen-bond donors (Lipinski definition) is 1. The van der Waals surface area contributed by atoms with Crippen LogP contribution in [-0.2, 0) is 6.61 Å². The van der Waals surface area contributed by atoms with E-state index in [-0.39, 0.29) is 5.91 Å². The van der Waals surface area contributed by atoms with Gasteiger partial charge in [0, 0.05) is 17.0 Å². The number of ether oxygens (including phenoxy) is 3. The summed E-state index contributed by atoms with van der Waals surface area (Å²) >= 11 is 1.59. The fraction of sp³-hybridized carbons (Fsp3) is 0.273. The molecule has 0 bridgehead atoms. The zero-order valence-corrected chi connectivity index (χ0v) is 17.5. The van der Waals surface area contributed by atoms with E-state index in [1.54, 1.807) is 47.7 Å². The zero-order chi connectivity index (χ0) is 20.6. The Hall–Kier alpha value is -3.06. The van der Waals surface area contributed by atoms with E-state index in [2.05, 4.69) is 10.3 Å². The highest BCUT2D eigenvalue weighted by Gasteiger charge is 2.12. The number of carbonyl (C=O) groups excluding carboxylic acids is 1. The third-order valence-corrected chi connectivity index (χ3v) is 4.80. The van der Waals surface area contributed by atoms with Crippen molar-refractivity contribution in [3.63, 3.8) is 0 Å². The van der Waals surface area contributed by atoms with Gasteiger partial charge >= 0.3 is 0 Å². The molecule has 3 rings (SSSR count). The first-order chi connectivity index (χ1) is 14.1. The van der Waals surface area contributed by atoms with E-state index in [1.165, 1.54) is 0 Å². The summed E-state index contributed by atoms with van der Waals surface area (Å²) in [6.07, 6.45) is 0. The molecule has 2 aromatic carbocycles. The smallest absolute Gasteiger partial charge is 0.255 e. The van der Waals surface area contributed by atoms with Gasteiger partial charge in [0.2, 0.25) is 0 Å². The van der Waals surface area contributed by atoms with Crippen LogP contribution in [-0.4, -0.2) is 24.1 Å². The van der Waals surface area contributed by atoms with Crippen LogP contribution in [0.4, 0.5) is 5.69 Å². The standard InChI is InChI=1S/C22H24N2O4S/c1-4-26-19-10-11-21(27-5-2)20(12-19)24-22(25)16-6-8-18(9-7-16)28-13-17-14-29-15(3)23-17/h6-12,14H,4-5,13H2,1-3H3,(H,24,25). The third-order valence-electron chi connectivity index (χ3n) is 3.98. The maximum atomic E-state index is 12.7. The minimum atomic E-state index is -0.235. The summed E-state index contributed by atoms with van der Waals surface area (Å²) in [5.74, 6) is 1.72. The fourth-order valence-corrected chi connectivity index (χ4v) is 3.27. The molecular weight excluding hydrogens is 388 g/mol. The molecule has 152 valence electrons. The third kappa shape index (κ3) is 5.71. The number of carbonyl (C=O) groups is 1. The quantitative estimate of drug-likeness (QED) is 0.531. The first-order valence-corrected chi connectivity index (χ1v) is 10.3. The number of anilines is 1. The highest BCUT2D eigenvalue weighted by atomic mass is 32.1. The van der Waals surface area contributed by atoms with Gasteiger partial charge in [-0.2, -0.15) is 0 Å². The maximum absolute atomic E-state index is 12.7. The van der Waals surface area contributed by atoms with Crippen LogP contribution < -0.4 is 19.5 Å². The van der Waals surface area contributed by atoms with Gasteiger partial charge < -0.3 is 19.5 Å². The van der Waals surface area contributed by atoms with Crippen LogP contribution in [0.25, 0.3) is 0 Å². The lowest BCUT2D eigenvalue weighted by Crippen LogP contribution is -2.13. The molecule has 1 N–H and O–H groups in total. The second kappa shape index (κ2) is 9.93. The number of aryl methyl sites for hydroxylation is 1. The van der Waals surface area contributed by atoms with Crippen LogP contribution in [0.15, 0.2) is 47.8 Å². The normalized spacial score (nSPS) is 10.4. The van der Waals surface area contributed by atoms with Crippen molar-refractivity contribution in [2.24, 2.45) is 0 Å². The Balaban J connectivity index is 1.66. The van der Waals surface area contributed by atoms with Crippen LogP contribution >= 0.6 is 11.3 Å². The molecule has 0 aliphatic heterocycles. The van der Waals surface area contributed by atoms with Crippen molar-refractivity contribution in [1.82, 2.24) is 4.98 Å². The Bertz CT molecular complexity index is 954. The molecule has 0 saturated heterocycles. The summed E-state index contributed by atoms with van der Waals surface area (Å²) in [4.78, 5) is 17.0. The maximum Gasteiger partial charge on any atom is 0.255 e. The van der Waals surface area contributed by atoms with Gasteiger partial charge in [-0.3, -0.25) is 4.79 Å². The van der Waals surface area contributed by atoms with Gasteiger partial charge in [0.15, 0.2) is 0 Å². The molecule has 1 heterocycles. The molecule has 0 aliphatic carbocycles. The molecule has 0 aliphatic rings. The molecule has 1 aromatic heterocycles. The van der Waals surface area contributed by atoms with Crippen molar-refractivity contribution in [3.05, 3.63) is 64.1 Å². The molecule has 29 heavy (non-hydrogen) atoms. The van der Waals surface area contributed by atoms with Crippen molar-refractivity contribution in [3.8, 4) is 17.2 Å². The minimum absolute atomic E-state index is 0.235. The van der Waals surface area contributed by atoms with Crippen molar-refractivity contribution in [2.75, 3.05) is 18.5 Å². The number of amides is 1. The predicted molar refractivity (Wildman–Crippen MR) is 114 cm³/mol. The fourth-order valence-electron chi connectivity index (χ4n) is 2.67. The van der Waals surface area contributed by atoms with E-state index < -0.39 is 0 Å². The van der Waals surface area contributed by atoms with Crippen molar-refractivity contribution < 1.29 is 19.0 Å². The van der Waals surface area contributed by atoms with Crippen molar-refractivity contribution in [2.45, 2.75) is 27.4 Å². The number of thiazole rings is 1. The van der Waals surface area contributed by atoms with Crippen molar-refractivity contribution >= 4 is 22.9 Å². The lowest BCUT2D eigenvalue weighted by molar-refractivity contribution is 0.102. The number of nitrogens with zero attached hydrogens (tertiary/aromatic N) is 1. The molecule has 6 nitrogen and oxygen atoms in total. The number of nitrogens with one attached hydrogen (secondary N) is 1. The molecule has 0 spiro atoms. The number of rotatable bonds is 9. The molecule has 0 atom stereocenters. The topological polar surface area (TPSA) is 69.7 Å². The lowest BCUT2D eigenvalue weighted by Gasteiger charge is -2.14. The monoisotopic (exact) mass is 412 g/mol. The van der Waals surface area contributed by atoms with Gasteiger partial charge in [-0.15, -0.1) is 11.3 Å². The molecule has 0 saturated carbocycles. The SMILES string of the molecule is CCOc1ccc(OCC)c(NC(=O)c2ccc(OCc3csc(C)n3)cc2)c1. The van der Waals surface area contributed by atoms with E-state index in [4.69, 9.17) is 14.2 Å². The van der Waals surface area contributed by atoms with E-state index in [0.717, 1.165) is 10.7 Å². The highest BCUT2D eigenvalue weighted by Crippen LogP contribution is 2.30. The second-order valence-corrected chi connectivity index (χ2v) is 7.21. The van der Waals surface area contributed by atoms with Gasteiger partial charge in [0.05, 0.1) is 29.6 Å². The second-order valence-electron chi connectivity index (χ2n) is 6.15. The van der Waals surface area contributed by atoms with Crippen molar-refractivity contribution in [1.29, 1.82) is 0 Å². The average Bonchev–Trinajstić information content (AvgIpc) is 3.14. The molecule has 7 heteroatoms. The average molecular weight is 413 g/mol. The Morgan fingerprint density at radius 2 is 1.72 bits per heavy atom. The Morgan fingerprint density at radius 1 is 1.00 bits per heavy atom. The Kier molecular flexibility index (Phi) is 7.08. The largest absolute Gasteiger partial charge is 0.494 e. The van der Waals surface area contributed by atoms with Crippen LogP contribution in [0.2, 0.25) is 0 Å². The summed E-state index contributed by atoms with van der Waals surface area (Å²) < 4.78 is 16.9. The molecule has 0 unspecified atom stereocenters. The van der Waals surface area contributed by atoms with Gasteiger partial charge in [-0.05, 0) is 57.2 Å². The highest BCUT2D eigenvalue weighted by molar-refractivity contribution is 7.09. The van der Waals surface area contributed by atoms with Crippen LogP contribution in [0.5, 0.6) is 17.2 Å². The summed E-state index contributed by atoms with van der Waals surface area (Å²) in [6, 6.07) is 12.4. The Morgan fingerprint density at radius 3 is 2.38 bits per heavy atom. The van der Waals surface area contributed by atoms with E-state index in [1.807, 2.05) is 32.2 Å². The molecular formula is C22H24N2O4S. The first kappa shape index (κ1) is 20.7. The predicted octanol–water partition coefficient (Wildman–Crippen LogP) is 5.08. The number of hydrogen-bond acceptors (Lipinski definition) is 6. The molecule has 0 radical (unpaired) electrons. The molecule has 3 aromatic rings. The zero-order valence-electron chi connectivity index (χ0n) is 16.7. The van der Waals surface area contributed by atoms with E-state index >= 15 is 0 Å². The van der Waals surface area contributed by atoms with Gasteiger partial charge in [0.1, 0.15) is 23.9 Å². The summed E-state index contributed by atoms with van der Waals surface area (Å²) in [7, 11) is 0. The molecule has 0 fully saturated rings. The number of benzene rings is 2. The van der Waals surface area contributed by atoms with Gasteiger partial charge in [-0.1, -0.05) is 0 Å². The summed E-state index contributed by atoms with van der Waals surface area (Å²) in [5.41, 5.74) is 1.99. The van der Waals surface area contributed by atoms with E-state index in [0.29, 0.717) is 48.3 Å². The van der Waals surface area contributed by atoms with Gasteiger partial charge in [-0.25, -0.2) is 4.98 Å².